The highest BCUT2D eigenvalue weighted by molar-refractivity contribution is 7.21. The van der Waals surface area contributed by atoms with Gasteiger partial charge in [0, 0.05) is 13.6 Å². The number of fused-ring (bicyclic) bond motifs is 1. The molecule has 0 unspecified atom stereocenters. The Morgan fingerprint density at radius 1 is 1.57 bits per heavy atom. The van der Waals surface area contributed by atoms with Gasteiger partial charge >= 0.3 is 0 Å². The molecule has 0 radical (unpaired) electrons. The topological polar surface area (TPSA) is 84.4 Å². The smallest absolute Gasteiger partial charge is 0.266 e. The molecule has 21 heavy (non-hydrogen) atoms. The van der Waals surface area contributed by atoms with Gasteiger partial charge in [-0.2, -0.15) is 5.10 Å². The van der Waals surface area contributed by atoms with Crippen LogP contribution >= 0.6 is 11.3 Å². The number of anilines is 1. The molecule has 3 N–H and O–H groups in total. The molecular weight excluding hydrogens is 302 g/mol. The molecule has 116 valence electrons. The van der Waals surface area contributed by atoms with Gasteiger partial charge in [0.15, 0.2) is 0 Å². The van der Waals surface area contributed by atoms with Crippen molar-refractivity contribution < 1.29 is 18.7 Å². The van der Waals surface area contributed by atoms with Crippen LogP contribution in [0.15, 0.2) is 0 Å². The van der Waals surface area contributed by atoms with E-state index in [4.69, 9.17) is 10.8 Å². The molecule has 2 aromatic heterocycles. The molecule has 0 saturated carbocycles. The van der Waals surface area contributed by atoms with Crippen molar-refractivity contribution in [2.24, 2.45) is 7.05 Å². The van der Waals surface area contributed by atoms with Crippen LogP contribution in [0.4, 0.5) is 14.5 Å². The number of aliphatic hydroxyl groups is 1. The summed E-state index contributed by atoms with van der Waals surface area (Å²) in [5.74, 6) is -0.595. The summed E-state index contributed by atoms with van der Waals surface area (Å²) in [4.78, 5) is 14.2. The number of thiophene rings is 1. The fourth-order valence-corrected chi connectivity index (χ4v) is 3.35. The van der Waals surface area contributed by atoms with Crippen molar-refractivity contribution in [2.45, 2.75) is 13.3 Å². The lowest BCUT2D eigenvalue weighted by Gasteiger charge is -2.20. The number of nitrogens with two attached hydrogens (primary N) is 1. The lowest BCUT2D eigenvalue weighted by Crippen LogP contribution is -2.37. The third kappa shape index (κ3) is 2.84. The number of aliphatic hydroxyl groups excluding tert-OH is 1. The average molecular weight is 318 g/mol. The normalized spacial score (nSPS) is 11.5. The molecule has 1 amide bonds. The number of hydrogen-bond donors (Lipinski definition) is 2. The van der Waals surface area contributed by atoms with Crippen molar-refractivity contribution in [3.8, 4) is 0 Å². The minimum atomic E-state index is -2.67. The quantitative estimate of drug-likeness (QED) is 0.868. The summed E-state index contributed by atoms with van der Waals surface area (Å²) in [5.41, 5.74) is 6.91. The molecule has 2 aromatic rings. The minimum Gasteiger partial charge on any atom is -0.397 e. The molecular formula is C12H16F2N4O2S. The van der Waals surface area contributed by atoms with Crippen molar-refractivity contribution in [3.63, 3.8) is 0 Å². The first-order valence-electron chi connectivity index (χ1n) is 6.26. The number of carbonyl (C=O) groups excluding carboxylic acids is 1. The Hall–Kier alpha value is -1.74. The molecule has 0 fully saturated rings. The van der Waals surface area contributed by atoms with Crippen LogP contribution in [0, 0.1) is 6.92 Å². The Morgan fingerprint density at radius 3 is 2.76 bits per heavy atom. The van der Waals surface area contributed by atoms with Crippen LogP contribution in [-0.2, 0) is 7.05 Å². The second-order valence-corrected chi connectivity index (χ2v) is 5.60. The molecule has 0 aliphatic rings. The van der Waals surface area contributed by atoms with E-state index in [0.29, 0.717) is 15.9 Å². The Balaban J connectivity index is 2.42. The summed E-state index contributed by atoms with van der Waals surface area (Å²) >= 11 is 1.12. The Bertz CT molecular complexity index is 668. The zero-order valence-electron chi connectivity index (χ0n) is 11.6. The SMILES string of the molecule is Cc1nn(C)c2sc(C(=O)N(CCO)CC(F)F)c(N)c12. The minimum absolute atomic E-state index is 0.159. The van der Waals surface area contributed by atoms with E-state index >= 15 is 0 Å². The summed E-state index contributed by atoms with van der Waals surface area (Å²) < 4.78 is 26.7. The van der Waals surface area contributed by atoms with Crippen molar-refractivity contribution in [3.05, 3.63) is 10.6 Å². The number of aromatic nitrogens is 2. The van der Waals surface area contributed by atoms with E-state index in [-0.39, 0.29) is 23.7 Å². The first kappa shape index (κ1) is 15.6. The maximum atomic E-state index is 12.5. The van der Waals surface area contributed by atoms with Crippen LogP contribution in [0.5, 0.6) is 0 Å². The first-order chi connectivity index (χ1) is 9.86. The maximum absolute atomic E-state index is 12.5. The van der Waals surface area contributed by atoms with Crippen LogP contribution in [0.1, 0.15) is 15.4 Å². The number of aryl methyl sites for hydroxylation is 2. The molecule has 0 saturated heterocycles. The number of carbonyl (C=O) groups is 1. The summed E-state index contributed by atoms with van der Waals surface area (Å²) in [7, 11) is 1.73. The van der Waals surface area contributed by atoms with Crippen molar-refractivity contribution in [2.75, 3.05) is 25.4 Å². The number of nitrogens with zero attached hydrogens (tertiary/aromatic N) is 3. The summed E-state index contributed by atoms with van der Waals surface area (Å²) in [5, 5.41) is 13.8. The van der Waals surface area contributed by atoms with E-state index in [9.17, 15) is 13.6 Å². The number of nitrogen functional groups attached to an aromatic ring is 1. The summed E-state index contributed by atoms with van der Waals surface area (Å²) in [6, 6.07) is 0. The third-order valence-corrected chi connectivity index (χ3v) is 4.35. The molecule has 0 aromatic carbocycles. The Labute approximate surface area is 123 Å². The van der Waals surface area contributed by atoms with Gasteiger partial charge < -0.3 is 15.7 Å². The largest absolute Gasteiger partial charge is 0.397 e. The number of amides is 1. The van der Waals surface area contributed by atoms with E-state index in [1.165, 1.54) is 0 Å². The lowest BCUT2D eigenvalue weighted by molar-refractivity contribution is 0.0514. The van der Waals surface area contributed by atoms with Gasteiger partial charge in [-0.05, 0) is 6.92 Å². The average Bonchev–Trinajstić information content (AvgIpc) is 2.87. The first-order valence-corrected chi connectivity index (χ1v) is 7.08. The zero-order valence-corrected chi connectivity index (χ0v) is 12.5. The maximum Gasteiger partial charge on any atom is 0.266 e. The lowest BCUT2D eigenvalue weighted by atomic mass is 10.2. The molecule has 0 aliphatic heterocycles. The van der Waals surface area contributed by atoms with Gasteiger partial charge in [0.25, 0.3) is 12.3 Å². The highest BCUT2D eigenvalue weighted by Crippen LogP contribution is 2.36. The number of alkyl halides is 2. The predicted octanol–water partition coefficient (Wildman–Crippen LogP) is 1.23. The molecule has 9 heteroatoms. The fourth-order valence-electron chi connectivity index (χ4n) is 2.19. The van der Waals surface area contributed by atoms with Gasteiger partial charge in [0.2, 0.25) is 0 Å². The van der Waals surface area contributed by atoms with E-state index in [2.05, 4.69) is 5.10 Å². The highest BCUT2D eigenvalue weighted by Gasteiger charge is 2.26. The van der Waals surface area contributed by atoms with Gasteiger partial charge in [0.1, 0.15) is 9.71 Å². The van der Waals surface area contributed by atoms with Gasteiger partial charge in [-0.25, -0.2) is 8.78 Å². The fraction of sp³-hybridized carbons (Fsp3) is 0.500. The molecule has 6 nitrogen and oxygen atoms in total. The van der Waals surface area contributed by atoms with Crippen LogP contribution in [-0.4, -0.2) is 51.8 Å². The van der Waals surface area contributed by atoms with Crippen LogP contribution in [0.25, 0.3) is 10.2 Å². The zero-order chi connectivity index (χ0) is 15.7. The monoisotopic (exact) mass is 318 g/mol. The van der Waals surface area contributed by atoms with E-state index in [0.717, 1.165) is 16.2 Å². The second kappa shape index (κ2) is 5.94. The molecule has 0 spiro atoms. The Kier molecular flexibility index (Phi) is 4.43. The van der Waals surface area contributed by atoms with Gasteiger partial charge in [0.05, 0.1) is 29.9 Å². The van der Waals surface area contributed by atoms with Crippen LogP contribution in [0.3, 0.4) is 0 Å². The van der Waals surface area contributed by atoms with Crippen molar-refractivity contribution in [1.29, 1.82) is 0 Å². The second-order valence-electron chi connectivity index (χ2n) is 4.60. The van der Waals surface area contributed by atoms with E-state index in [1.807, 2.05) is 0 Å². The molecule has 2 heterocycles. The van der Waals surface area contributed by atoms with Gasteiger partial charge in [-0.1, -0.05) is 0 Å². The van der Waals surface area contributed by atoms with Gasteiger partial charge in [-0.15, -0.1) is 11.3 Å². The molecule has 2 rings (SSSR count). The van der Waals surface area contributed by atoms with E-state index < -0.39 is 18.9 Å². The number of rotatable bonds is 5. The highest BCUT2D eigenvalue weighted by atomic mass is 32.1. The van der Waals surface area contributed by atoms with E-state index in [1.54, 1.807) is 18.7 Å². The summed E-state index contributed by atoms with van der Waals surface area (Å²) in [6.45, 7) is 0.493. The van der Waals surface area contributed by atoms with Crippen molar-refractivity contribution in [1.82, 2.24) is 14.7 Å². The van der Waals surface area contributed by atoms with Crippen molar-refractivity contribution >= 4 is 33.1 Å². The Morgan fingerprint density at radius 2 is 2.24 bits per heavy atom. The third-order valence-electron chi connectivity index (χ3n) is 3.09. The van der Waals surface area contributed by atoms with Crippen LogP contribution in [0.2, 0.25) is 0 Å². The number of halogens is 2. The van der Waals surface area contributed by atoms with Gasteiger partial charge in [-0.3, -0.25) is 9.48 Å². The number of hydrogen-bond acceptors (Lipinski definition) is 5. The molecule has 0 aliphatic carbocycles. The predicted molar refractivity (Wildman–Crippen MR) is 76.7 cm³/mol. The standard InChI is InChI=1S/C12H16F2N4O2S/c1-6-8-9(15)10(21-12(8)17(2)16-6)11(20)18(3-4-19)5-7(13)14/h7,19H,3-5,15H2,1-2H3. The molecule has 0 atom stereocenters. The van der Waals surface area contributed by atoms with Crippen LogP contribution < -0.4 is 5.73 Å². The molecule has 0 bridgehead atoms. The summed E-state index contributed by atoms with van der Waals surface area (Å²) in [6.07, 6.45) is -2.67.